The number of nitrogen functional groups attached to an aromatic ring is 1. The Balaban J connectivity index is 3.29. The van der Waals surface area contributed by atoms with Gasteiger partial charge < -0.3 is 0 Å². The topological polar surface area (TPSA) is 63.3 Å². The van der Waals surface area contributed by atoms with E-state index in [9.17, 15) is 4.79 Å². The molecule has 0 atom stereocenters. The van der Waals surface area contributed by atoms with Crippen LogP contribution in [0.3, 0.4) is 0 Å². The van der Waals surface area contributed by atoms with E-state index in [4.69, 9.17) is 10.8 Å². The first-order chi connectivity index (χ1) is 5.04. The van der Waals surface area contributed by atoms with Crippen molar-refractivity contribution in [2.24, 2.45) is 0 Å². The fourth-order valence-electron chi connectivity index (χ4n) is 0.803. The summed E-state index contributed by atoms with van der Waals surface area (Å²) in [6, 6.07) is 0. The molecule has 4 heteroatoms. The van der Waals surface area contributed by atoms with E-state index < -0.39 is 5.97 Å². The van der Waals surface area contributed by atoms with Crippen molar-refractivity contribution in [3.05, 3.63) is 14.4 Å². The Labute approximate surface area is 70.6 Å². The Bertz CT molecular complexity index is 304. The van der Waals surface area contributed by atoms with Crippen molar-refractivity contribution >= 4 is 26.2 Å². The summed E-state index contributed by atoms with van der Waals surface area (Å²) >= 11 is -0.0556. The van der Waals surface area contributed by atoms with E-state index in [0.717, 1.165) is 10.0 Å². The maximum absolute atomic E-state index is 10.6. The summed E-state index contributed by atoms with van der Waals surface area (Å²) in [4.78, 5) is 10.6. The van der Waals surface area contributed by atoms with E-state index in [1.54, 1.807) is 0 Å². The second-order valence-corrected chi connectivity index (χ2v) is 4.90. The minimum absolute atomic E-state index is 0.0556. The molecule has 1 aromatic rings. The zero-order valence-electron chi connectivity index (χ0n) is 6.34. The van der Waals surface area contributed by atoms with Gasteiger partial charge in [-0.3, -0.25) is 0 Å². The Hall–Kier alpha value is -0.731. The van der Waals surface area contributed by atoms with Crippen LogP contribution >= 0.6 is 0 Å². The minimum atomic E-state index is -0.876. The third kappa shape index (κ3) is 1.32. The van der Waals surface area contributed by atoms with Crippen LogP contribution in [0.5, 0.6) is 0 Å². The quantitative estimate of drug-likeness (QED) is 0.680. The van der Waals surface area contributed by atoms with E-state index >= 15 is 0 Å². The molecule has 0 aromatic carbocycles. The van der Waals surface area contributed by atoms with Crippen LogP contribution in [0.2, 0.25) is 0 Å². The monoisotopic (exact) mass is 219 g/mol. The van der Waals surface area contributed by atoms with Crippen LogP contribution in [0.15, 0.2) is 0 Å². The predicted molar refractivity (Wildman–Crippen MR) is 44.2 cm³/mol. The standard InChI is InChI=1S/C7H9NO2Se/c1-3-4(2)11-6(5(3)8)7(9)10/h8H2,1-2H3,(H,9,10). The molecule has 11 heavy (non-hydrogen) atoms. The van der Waals surface area contributed by atoms with Crippen molar-refractivity contribution in [1.82, 2.24) is 0 Å². The molecule has 0 radical (unpaired) electrons. The molecule has 0 fully saturated rings. The first kappa shape index (κ1) is 8.37. The van der Waals surface area contributed by atoms with Gasteiger partial charge in [0.2, 0.25) is 0 Å². The number of rotatable bonds is 1. The predicted octanol–water partition coefficient (Wildman–Crippen LogP) is 0.641. The average Bonchev–Trinajstić information content (AvgIpc) is 2.17. The van der Waals surface area contributed by atoms with Gasteiger partial charge in [-0.05, 0) is 0 Å². The number of aromatic carboxylic acids is 1. The number of anilines is 1. The van der Waals surface area contributed by atoms with Gasteiger partial charge in [-0.25, -0.2) is 0 Å². The fraction of sp³-hybridized carbons (Fsp3) is 0.286. The molecule has 0 unspecified atom stereocenters. The normalized spacial score (nSPS) is 10.0. The summed E-state index contributed by atoms with van der Waals surface area (Å²) < 4.78 is 1.51. The molecule has 0 saturated heterocycles. The molecule has 0 aliphatic carbocycles. The molecule has 3 N–H and O–H groups in total. The second-order valence-electron chi connectivity index (χ2n) is 2.33. The van der Waals surface area contributed by atoms with E-state index in [2.05, 4.69) is 0 Å². The Morgan fingerprint density at radius 3 is 2.27 bits per heavy atom. The molecule has 0 bridgehead atoms. The van der Waals surface area contributed by atoms with Crippen molar-refractivity contribution in [2.75, 3.05) is 5.73 Å². The number of hydrogen-bond acceptors (Lipinski definition) is 2. The first-order valence-corrected chi connectivity index (χ1v) is 4.84. The zero-order valence-corrected chi connectivity index (χ0v) is 8.05. The first-order valence-electron chi connectivity index (χ1n) is 3.12. The van der Waals surface area contributed by atoms with Gasteiger partial charge in [0.25, 0.3) is 0 Å². The van der Waals surface area contributed by atoms with Crippen LogP contribution in [-0.4, -0.2) is 25.6 Å². The van der Waals surface area contributed by atoms with E-state index in [0.29, 0.717) is 10.1 Å². The Morgan fingerprint density at radius 1 is 1.55 bits per heavy atom. The number of aryl methyl sites for hydroxylation is 1. The van der Waals surface area contributed by atoms with Gasteiger partial charge in [0, 0.05) is 0 Å². The van der Waals surface area contributed by atoms with E-state index in [-0.39, 0.29) is 14.5 Å². The third-order valence-corrected chi connectivity index (χ3v) is 4.17. The number of carbonyl (C=O) groups is 1. The molecule has 1 heterocycles. The van der Waals surface area contributed by atoms with Crippen LogP contribution in [-0.2, 0) is 0 Å². The molecule has 1 aromatic heterocycles. The molecule has 0 saturated carbocycles. The number of carboxylic acids is 1. The number of nitrogens with two attached hydrogens (primary N) is 1. The fourth-order valence-corrected chi connectivity index (χ4v) is 2.73. The summed E-state index contributed by atoms with van der Waals surface area (Å²) in [7, 11) is 0. The molecule has 60 valence electrons. The third-order valence-electron chi connectivity index (χ3n) is 1.63. The molecule has 0 aliphatic rings. The van der Waals surface area contributed by atoms with Gasteiger partial charge in [-0.1, -0.05) is 0 Å². The molecule has 0 amide bonds. The van der Waals surface area contributed by atoms with Gasteiger partial charge in [-0.2, -0.15) is 0 Å². The Morgan fingerprint density at radius 2 is 2.09 bits per heavy atom. The van der Waals surface area contributed by atoms with Crippen LogP contribution in [0.4, 0.5) is 5.69 Å². The number of hydrogen-bond donors (Lipinski definition) is 2. The van der Waals surface area contributed by atoms with Crippen LogP contribution in [0.25, 0.3) is 0 Å². The maximum atomic E-state index is 10.6. The van der Waals surface area contributed by atoms with Gasteiger partial charge >= 0.3 is 70.1 Å². The second kappa shape index (κ2) is 2.72. The molecule has 1 rings (SSSR count). The van der Waals surface area contributed by atoms with Crippen LogP contribution < -0.4 is 5.73 Å². The van der Waals surface area contributed by atoms with Crippen molar-refractivity contribution in [1.29, 1.82) is 0 Å². The summed E-state index contributed by atoms with van der Waals surface area (Å²) in [5, 5.41) is 8.67. The summed E-state index contributed by atoms with van der Waals surface area (Å²) in [6.07, 6.45) is 0. The molecule has 0 spiro atoms. The van der Waals surface area contributed by atoms with Gasteiger partial charge in [0.05, 0.1) is 0 Å². The van der Waals surface area contributed by atoms with Crippen molar-refractivity contribution in [3.63, 3.8) is 0 Å². The number of carboxylic acid groups (broad SMARTS) is 1. The van der Waals surface area contributed by atoms with E-state index in [1.165, 1.54) is 0 Å². The van der Waals surface area contributed by atoms with Crippen LogP contribution in [0.1, 0.15) is 19.2 Å². The summed E-state index contributed by atoms with van der Waals surface area (Å²) in [6.45, 7) is 3.79. The molecular weight excluding hydrogens is 209 g/mol. The van der Waals surface area contributed by atoms with E-state index in [1.807, 2.05) is 13.8 Å². The summed E-state index contributed by atoms with van der Waals surface area (Å²) in [5.41, 5.74) is 6.98. The van der Waals surface area contributed by atoms with Crippen molar-refractivity contribution in [3.8, 4) is 0 Å². The average molecular weight is 218 g/mol. The van der Waals surface area contributed by atoms with Crippen molar-refractivity contribution < 1.29 is 9.90 Å². The van der Waals surface area contributed by atoms with Crippen molar-refractivity contribution in [2.45, 2.75) is 13.8 Å². The Kier molecular flexibility index (Phi) is 2.07. The molecule has 0 aliphatic heterocycles. The SMILES string of the molecule is Cc1[se]c(C(=O)O)c(N)c1C. The zero-order chi connectivity index (χ0) is 8.59. The molecular formula is C7H9NO2Se. The summed E-state index contributed by atoms with van der Waals surface area (Å²) in [5.74, 6) is -0.876. The molecule has 3 nitrogen and oxygen atoms in total. The van der Waals surface area contributed by atoms with Gasteiger partial charge in [-0.15, -0.1) is 0 Å². The van der Waals surface area contributed by atoms with Crippen LogP contribution in [0, 0.1) is 13.8 Å². The van der Waals surface area contributed by atoms with Gasteiger partial charge in [0.15, 0.2) is 0 Å². The van der Waals surface area contributed by atoms with Gasteiger partial charge in [0.1, 0.15) is 0 Å².